The molecule has 0 aliphatic carbocycles. The van der Waals surface area contributed by atoms with Crippen LogP contribution in [-0.2, 0) is 15.5 Å². The number of hydrogen-bond acceptors (Lipinski definition) is 2. The predicted molar refractivity (Wildman–Crippen MR) is 63.8 cm³/mol. The zero-order valence-corrected chi connectivity index (χ0v) is 13.5. The van der Waals surface area contributed by atoms with Crippen LogP contribution in [0.3, 0.4) is 0 Å². The first kappa shape index (κ1) is 17.2. The van der Waals surface area contributed by atoms with Crippen LogP contribution in [0.2, 0.25) is 0 Å². The first-order valence-corrected chi connectivity index (χ1v) is 16.6. The first-order valence-electron chi connectivity index (χ1n) is 3.93. The number of rotatable bonds is 2. The predicted octanol–water partition coefficient (Wildman–Crippen LogP) is 3.84. The summed E-state index contributed by atoms with van der Waals surface area (Å²) >= 11 is -3.29. The Morgan fingerprint density at radius 3 is 1.12 bits per heavy atom. The molecular formula is C8H6Cl4O4Zr. The van der Waals surface area contributed by atoms with Crippen molar-refractivity contribution in [3.8, 4) is 0 Å². The third-order valence-corrected chi connectivity index (χ3v) is 1.38. The second-order valence-electron chi connectivity index (χ2n) is 2.62. The molecule has 1 aromatic rings. The molecule has 9 heteroatoms. The maximum absolute atomic E-state index is 10.3. The summed E-state index contributed by atoms with van der Waals surface area (Å²) in [5, 5.41) is 16.9. The quantitative estimate of drug-likeness (QED) is 0.793. The fourth-order valence-corrected chi connectivity index (χ4v) is 0.755. The second kappa shape index (κ2) is 7.60. The monoisotopic (exact) mass is 396 g/mol. The van der Waals surface area contributed by atoms with E-state index in [4.69, 9.17) is 44.3 Å². The van der Waals surface area contributed by atoms with E-state index in [1.54, 1.807) is 0 Å². The van der Waals surface area contributed by atoms with Gasteiger partial charge in [0.2, 0.25) is 0 Å². The Hall–Kier alpha value is 0.203. The Morgan fingerprint density at radius 2 is 1.00 bits per heavy atom. The summed E-state index contributed by atoms with van der Waals surface area (Å²) in [5.74, 6) is -2.13. The molecule has 2 N–H and O–H groups in total. The van der Waals surface area contributed by atoms with Crippen molar-refractivity contribution in [3.63, 3.8) is 0 Å². The fraction of sp³-hybridized carbons (Fsp3) is 0. The molecule has 0 aromatic heterocycles. The van der Waals surface area contributed by atoms with Crippen molar-refractivity contribution in [2.75, 3.05) is 0 Å². The molecule has 0 aliphatic rings. The minimum atomic E-state index is -3.29. The van der Waals surface area contributed by atoms with Gasteiger partial charge in [0.15, 0.2) is 0 Å². The second-order valence-corrected chi connectivity index (χ2v) is 25.0. The van der Waals surface area contributed by atoms with Gasteiger partial charge in [-0.1, -0.05) is 0 Å². The summed E-state index contributed by atoms with van der Waals surface area (Å²) in [7, 11) is 20.1. The Balaban J connectivity index is 0.000000437. The molecule has 1 rings (SSSR count). The molecular weight excluding hydrogens is 393 g/mol. The van der Waals surface area contributed by atoms with Gasteiger partial charge in [-0.25, -0.2) is 9.59 Å². The van der Waals surface area contributed by atoms with Gasteiger partial charge in [0, 0.05) is 0 Å². The molecule has 94 valence electrons. The number of aromatic carboxylic acids is 2. The number of carboxylic acids is 2. The third kappa shape index (κ3) is 9.86. The summed E-state index contributed by atoms with van der Waals surface area (Å²) in [6, 6.07) is 5.02. The van der Waals surface area contributed by atoms with Crippen molar-refractivity contribution in [1.29, 1.82) is 0 Å². The minimum absolute atomic E-state index is 0.0833. The molecule has 0 saturated heterocycles. The Kier molecular flexibility index (Phi) is 7.69. The molecule has 0 heterocycles. The molecule has 0 fully saturated rings. The van der Waals surface area contributed by atoms with Crippen molar-refractivity contribution >= 4 is 46.0 Å². The standard InChI is InChI=1S/C8H6O4.4ClH.Zr/c9-7(10)5-1-2-6(4-3-5)8(11)12;;;;;/h1-4H,(H,9,10)(H,11,12);4*1H;/q;;;;;+4/p-4. The fourth-order valence-electron chi connectivity index (χ4n) is 0.755. The van der Waals surface area contributed by atoms with Gasteiger partial charge in [0.05, 0.1) is 11.1 Å². The Labute approximate surface area is 116 Å². The molecule has 1 aromatic carbocycles. The Bertz CT molecular complexity index is 362. The van der Waals surface area contributed by atoms with Gasteiger partial charge in [-0.3, -0.25) is 0 Å². The van der Waals surface area contributed by atoms with Gasteiger partial charge < -0.3 is 10.2 Å². The number of carbonyl (C=O) groups is 2. The number of hydrogen-bond donors (Lipinski definition) is 2. The average Bonchev–Trinajstić information content (AvgIpc) is 2.15. The van der Waals surface area contributed by atoms with Crippen LogP contribution in [0.5, 0.6) is 0 Å². The van der Waals surface area contributed by atoms with Crippen molar-refractivity contribution in [2.24, 2.45) is 0 Å². The first-order chi connectivity index (χ1) is 7.61. The summed E-state index contributed by atoms with van der Waals surface area (Å²) in [6.45, 7) is 0. The molecule has 0 spiro atoms. The number of carboxylic acid groups (broad SMARTS) is 2. The molecule has 0 unspecified atom stereocenters. The van der Waals surface area contributed by atoms with Gasteiger partial charge in [-0.15, -0.1) is 0 Å². The molecule has 0 bridgehead atoms. The van der Waals surface area contributed by atoms with Crippen LogP contribution in [0.25, 0.3) is 0 Å². The summed E-state index contributed by atoms with van der Waals surface area (Å²) < 4.78 is 0. The van der Waals surface area contributed by atoms with E-state index in [1.165, 1.54) is 24.3 Å². The van der Waals surface area contributed by atoms with Gasteiger partial charge in [-0.05, 0) is 24.3 Å². The molecule has 4 nitrogen and oxygen atoms in total. The summed E-state index contributed by atoms with van der Waals surface area (Å²) in [6.07, 6.45) is 0. The van der Waals surface area contributed by atoms with Crippen LogP contribution in [0, 0.1) is 0 Å². The zero-order chi connectivity index (χ0) is 13.6. The normalized spacial score (nSPS) is 10.1. The Morgan fingerprint density at radius 1 is 0.824 bits per heavy atom. The molecule has 0 aliphatic heterocycles. The van der Waals surface area contributed by atoms with Crippen LogP contribution in [0.15, 0.2) is 24.3 Å². The van der Waals surface area contributed by atoms with Crippen molar-refractivity contribution in [2.45, 2.75) is 0 Å². The molecule has 17 heavy (non-hydrogen) atoms. The number of benzene rings is 1. The van der Waals surface area contributed by atoms with Gasteiger partial charge >= 0.3 is 61.5 Å². The summed E-state index contributed by atoms with van der Waals surface area (Å²) in [5.41, 5.74) is 0.167. The van der Waals surface area contributed by atoms with E-state index in [-0.39, 0.29) is 11.1 Å². The van der Waals surface area contributed by atoms with E-state index in [9.17, 15) is 9.59 Å². The van der Waals surface area contributed by atoms with E-state index >= 15 is 0 Å². The molecule has 0 radical (unpaired) electrons. The van der Waals surface area contributed by atoms with Crippen LogP contribution in [0.1, 0.15) is 20.7 Å². The van der Waals surface area contributed by atoms with E-state index in [0.717, 1.165) is 0 Å². The van der Waals surface area contributed by atoms with Crippen LogP contribution < -0.4 is 0 Å². The van der Waals surface area contributed by atoms with Crippen molar-refractivity contribution < 1.29 is 35.3 Å². The topological polar surface area (TPSA) is 74.6 Å². The van der Waals surface area contributed by atoms with Crippen molar-refractivity contribution in [3.05, 3.63) is 35.4 Å². The van der Waals surface area contributed by atoms with Crippen LogP contribution in [0.4, 0.5) is 0 Å². The van der Waals surface area contributed by atoms with E-state index < -0.39 is 27.4 Å². The molecule has 0 atom stereocenters. The van der Waals surface area contributed by atoms with Gasteiger partial charge in [0.25, 0.3) is 0 Å². The van der Waals surface area contributed by atoms with E-state index in [0.29, 0.717) is 0 Å². The third-order valence-electron chi connectivity index (χ3n) is 1.38. The molecule has 0 amide bonds. The number of halogens is 4. The molecule has 0 saturated carbocycles. The van der Waals surface area contributed by atoms with E-state index in [2.05, 4.69) is 0 Å². The van der Waals surface area contributed by atoms with Crippen LogP contribution >= 0.6 is 34.1 Å². The SMILES string of the molecule is O=C(O)c1ccc(C(=O)O)cc1.[Cl][Zr]([Cl])([Cl])[Cl]. The average molecular weight is 399 g/mol. The van der Waals surface area contributed by atoms with Crippen molar-refractivity contribution in [1.82, 2.24) is 0 Å². The van der Waals surface area contributed by atoms with Gasteiger partial charge in [-0.2, -0.15) is 0 Å². The van der Waals surface area contributed by atoms with E-state index in [1.807, 2.05) is 0 Å². The maximum atomic E-state index is 10.3. The zero-order valence-electron chi connectivity index (χ0n) is 8.03. The summed E-state index contributed by atoms with van der Waals surface area (Å²) in [4.78, 5) is 20.7. The van der Waals surface area contributed by atoms with Gasteiger partial charge in [0.1, 0.15) is 0 Å². The van der Waals surface area contributed by atoms with Crippen LogP contribution in [-0.4, -0.2) is 22.2 Å².